The molecule has 5 rings (SSSR count). The lowest BCUT2D eigenvalue weighted by Gasteiger charge is -2.41. The Labute approximate surface area is 199 Å². The minimum absolute atomic E-state index is 0.0169. The molecule has 0 bridgehead atoms. The zero-order chi connectivity index (χ0) is 22.1. The molecule has 0 spiro atoms. The van der Waals surface area contributed by atoms with Gasteiger partial charge >= 0.3 is 0 Å². The molecule has 1 saturated heterocycles. The van der Waals surface area contributed by atoms with E-state index in [4.69, 9.17) is 16.3 Å². The lowest BCUT2D eigenvalue weighted by molar-refractivity contribution is 0.108. The second-order valence-electron chi connectivity index (χ2n) is 11.6. The summed E-state index contributed by atoms with van der Waals surface area (Å²) in [5, 5.41) is 0.300. The maximum absolute atomic E-state index is 15.0. The fourth-order valence-corrected chi connectivity index (χ4v) is 8.01. The average Bonchev–Trinajstić information content (AvgIpc) is 3.67. The van der Waals surface area contributed by atoms with Crippen molar-refractivity contribution in [3.05, 3.63) is 34.1 Å². The maximum atomic E-state index is 15.0. The Morgan fingerprint density at radius 3 is 1.75 bits per heavy atom. The average molecular weight is 461 g/mol. The number of ether oxygens (including phenoxy) is 1. The molecular weight excluding hydrogens is 419 g/mol. The largest absolute Gasteiger partial charge is 0.368 e. The Balaban J connectivity index is 1.09. The van der Waals surface area contributed by atoms with E-state index >= 15 is 0 Å². The summed E-state index contributed by atoms with van der Waals surface area (Å²) in [5.41, 5.74) is 1.68. The third-order valence-corrected chi connectivity index (χ3v) is 10.2. The van der Waals surface area contributed by atoms with E-state index in [9.17, 15) is 4.39 Å². The van der Waals surface area contributed by atoms with Gasteiger partial charge in [-0.05, 0) is 105 Å². The van der Waals surface area contributed by atoms with Gasteiger partial charge in [0.25, 0.3) is 0 Å². The van der Waals surface area contributed by atoms with E-state index in [1.54, 1.807) is 0 Å². The molecule has 1 heterocycles. The summed E-state index contributed by atoms with van der Waals surface area (Å²) >= 11 is 6.35. The molecule has 0 amide bonds. The minimum Gasteiger partial charge on any atom is -0.368 e. The highest BCUT2D eigenvalue weighted by Gasteiger charge is 2.36. The first-order valence-corrected chi connectivity index (χ1v) is 14.1. The van der Waals surface area contributed by atoms with E-state index in [1.807, 2.05) is 12.1 Å². The van der Waals surface area contributed by atoms with E-state index < -0.39 is 0 Å². The zero-order valence-corrected chi connectivity index (χ0v) is 20.7. The zero-order valence-electron chi connectivity index (χ0n) is 20.0. The number of epoxide rings is 1. The van der Waals surface area contributed by atoms with Crippen molar-refractivity contribution in [2.45, 2.75) is 109 Å². The summed E-state index contributed by atoms with van der Waals surface area (Å²) in [4.78, 5) is 0. The maximum Gasteiger partial charge on any atom is 0.145 e. The molecule has 3 saturated carbocycles. The predicted molar refractivity (Wildman–Crippen MR) is 131 cm³/mol. The third-order valence-electron chi connectivity index (χ3n) is 9.77. The van der Waals surface area contributed by atoms with Gasteiger partial charge in [-0.2, -0.15) is 0 Å². The second-order valence-corrected chi connectivity index (χ2v) is 11.9. The Bertz CT molecular complexity index is 751. The molecule has 4 aliphatic rings. The van der Waals surface area contributed by atoms with E-state index in [0.717, 1.165) is 53.6 Å². The third kappa shape index (κ3) is 5.07. The van der Waals surface area contributed by atoms with Gasteiger partial charge in [0.05, 0.1) is 11.6 Å². The van der Waals surface area contributed by atoms with Crippen LogP contribution >= 0.6 is 11.6 Å². The van der Waals surface area contributed by atoms with Crippen molar-refractivity contribution < 1.29 is 9.13 Å². The van der Waals surface area contributed by atoms with Gasteiger partial charge in [0.1, 0.15) is 11.9 Å². The normalized spacial score (nSPS) is 37.9. The highest BCUT2D eigenvalue weighted by Crippen LogP contribution is 2.48. The lowest BCUT2D eigenvalue weighted by atomic mass is 9.64. The molecular formula is C29H42ClFO. The van der Waals surface area contributed by atoms with Gasteiger partial charge in [0.2, 0.25) is 0 Å². The summed E-state index contributed by atoms with van der Waals surface area (Å²) in [6, 6.07) is 3.99. The van der Waals surface area contributed by atoms with Gasteiger partial charge in [-0.15, -0.1) is 0 Å². The van der Waals surface area contributed by atoms with Gasteiger partial charge in [-0.25, -0.2) is 4.39 Å². The van der Waals surface area contributed by atoms with Crippen molar-refractivity contribution in [1.29, 1.82) is 0 Å². The van der Waals surface area contributed by atoms with Gasteiger partial charge in [0, 0.05) is 5.56 Å². The fourth-order valence-electron chi connectivity index (χ4n) is 7.72. The SMILES string of the molecule is CCCC1CCC(C2CCC(C3CCC(c4ccc(C5CO5)c(Cl)c4F)CC3)CC2)CC1. The Kier molecular flexibility index (Phi) is 7.49. The van der Waals surface area contributed by atoms with Crippen molar-refractivity contribution in [1.82, 2.24) is 0 Å². The summed E-state index contributed by atoms with van der Waals surface area (Å²) in [7, 11) is 0. The van der Waals surface area contributed by atoms with Gasteiger partial charge in [-0.3, -0.25) is 0 Å². The monoisotopic (exact) mass is 460 g/mol. The van der Waals surface area contributed by atoms with Crippen molar-refractivity contribution in [2.24, 2.45) is 29.6 Å². The Morgan fingerprint density at radius 2 is 1.25 bits per heavy atom. The highest BCUT2D eigenvalue weighted by molar-refractivity contribution is 6.31. The van der Waals surface area contributed by atoms with E-state index in [2.05, 4.69) is 6.92 Å². The molecule has 4 fully saturated rings. The molecule has 3 heteroatoms. The van der Waals surface area contributed by atoms with Crippen LogP contribution in [0.5, 0.6) is 0 Å². The second kappa shape index (κ2) is 10.3. The molecule has 1 aliphatic heterocycles. The molecule has 1 nitrogen and oxygen atoms in total. The summed E-state index contributed by atoms with van der Waals surface area (Å²) < 4.78 is 20.3. The number of halogens is 2. The first-order valence-electron chi connectivity index (χ1n) is 13.7. The van der Waals surface area contributed by atoms with Crippen LogP contribution in [0.1, 0.15) is 120 Å². The Morgan fingerprint density at radius 1 is 0.781 bits per heavy atom. The topological polar surface area (TPSA) is 12.5 Å². The number of hydrogen-bond acceptors (Lipinski definition) is 1. The fraction of sp³-hybridized carbons (Fsp3) is 0.793. The number of hydrogen-bond donors (Lipinski definition) is 0. The molecule has 1 unspecified atom stereocenters. The number of rotatable bonds is 6. The summed E-state index contributed by atoms with van der Waals surface area (Å²) in [6.07, 6.45) is 19.5. The van der Waals surface area contributed by atoms with Crippen LogP contribution in [0, 0.1) is 35.4 Å². The van der Waals surface area contributed by atoms with Crippen LogP contribution in [-0.4, -0.2) is 6.61 Å². The molecule has 1 aromatic carbocycles. The van der Waals surface area contributed by atoms with Gasteiger partial charge < -0.3 is 4.74 Å². The molecule has 178 valence electrons. The minimum atomic E-state index is -0.183. The van der Waals surface area contributed by atoms with Crippen molar-refractivity contribution >= 4 is 11.6 Å². The van der Waals surface area contributed by atoms with Crippen LogP contribution in [0.2, 0.25) is 5.02 Å². The van der Waals surface area contributed by atoms with E-state index in [-0.39, 0.29) is 11.9 Å². The quantitative estimate of drug-likeness (QED) is 0.385. The smallest absolute Gasteiger partial charge is 0.145 e. The lowest BCUT2D eigenvalue weighted by Crippen LogP contribution is -2.29. The molecule has 32 heavy (non-hydrogen) atoms. The molecule has 3 aliphatic carbocycles. The molecule has 1 aromatic rings. The molecule has 0 radical (unpaired) electrons. The first kappa shape index (κ1) is 23.2. The predicted octanol–water partition coefficient (Wildman–Crippen LogP) is 9.24. The van der Waals surface area contributed by atoms with Gasteiger partial charge in [0.15, 0.2) is 0 Å². The summed E-state index contributed by atoms with van der Waals surface area (Å²) in [5.74, 6) is 5.01. The van der Waals surface area contributed by atoms with Crippen molar-refractivity contribution in [3.63, 3.8) is 0 Å². The Hall–Kier alpha value is -0.600. The van der Waals surface area contributed by atoms with Crippen LogP contribution in [0.4, 0.5) is 4.39 Å². The molecule has 0 aromatic heterocycles. The van der Waals surface area contributed by atoms with Crippen LogP contribution < -0.4 is 0 Å². The standard InChI is InChI=1S/C29H42ClFO/c1-2-3-19-4-6-20(7-5-19)21-8-10-22(11-9-21)23-12-14-24(15-13-23)25-16-17-26(27-18-32-27)28(30)29(25)31/h16-17,19-24,27H,2-15,18H2,1H3. The van der Waals surface area contributed by atoms with Crippen molar-refractivity contribution in [2.75, 3.05) is 6.61 Å². The highest BCUT2D eigenvalue weighted by atomic mass is 35.5. The summed E-state index contributed by atoms with van der Waals surface area (Å²) in [6.45, 7) is 3.01. The van der Waals surface area contributed by atoms with Gasteiger partial charge in [-0.1, -0.05) is 56.3 Å². The number of benzene rings is 1. The van der Waals surface area contributed by atoms with Crippen LogP contribution in [0.15, 0.2) is 12.1 Å². The van der Waals surface area contributed by atoms with Crippen LogP contribution in [0.3, 0.4) is 0 Å². The van der Waals surface area contributed by atoms with Crippen LogP contribution in [-0.2, 0) is 4.74 Å². The molecule has 0 N–H and O–H groups in total. The van der Waals surface area contributed by atoms with E-state index in [1.165, 1.54) is 77.0 Å². The van der Waals surface area contributed by atoms with Crippen molar-refractivity contribution in [3.8, 4) is 0 Å². The van der Waals surface area contributed by atoms with Crippen LogP contribution in [0.25, 0.3) is 0 Å². The first-order chi connectivity index (χ1) is 15.6. The van der Waals surface area contributed by atoms with E-state index in [0.29, 0.717) is 17.5 Å². The molecule has 1 atom stereocenters.